The van der Waals surface area contributed by atoms with Crippen LogP contribution in [0.1, 0.15) is 72.1 Å². The maximum Gasteiger partial charge on any atom is 0.0108 e. The monoisotopic (exact) mass is 294 g/mol. The molecule has 2 aliphatic carbocycles. The van der Waals surface area contributed by atoms with E-state index in [4.69, 9.17) is 0 Å². The molecular formula is C19H38N2. The minimum atomic E-state index is 0.764. The molecule has 0 aromatic rings. The summed E-state index contributed by atoms with van der Waals surface area (Å²) in [7, 11) is 2.39. The van der Waals surface area contributed by atoms with E-state index >= 15 is 0 Å². The molecule has 0 saturated heterocycles. The molecule has 2 aliphatic rings. The molecule has 2 rings (SSSR count). The van der Waals surface area contributed by atoms with Crippen LogP contribution in [0.4, 0.5) is 0 Å². The Bertz CT molecular complexity index is 283. The largest absolute Gasteiger partial charge is 0.314 e. The lowest BCUT2D eigenvalue weighted by Gasteiger charge is -2.41. The molecule has 0 amide bonds. The zero-order valence-electron chi connectivity index (χ0n) is 14.9. The lowest BCUT2D eigenvalue weighted by atomic mass is 9.77. The lowest BCUT2D eigenvalue weighted by Crippen LogP contribution is -2.47. The summed E-state index contributed by atoms with van der Waals surface area (Å²) in [6.07, 6.45) is 11.4. The maximum absolute atomic E-state index is 3.75. The molecule has 0 spiro atoms. The van der Waals surface area contributed by atoms with Crippen LogP contribution in [-0.4, -0.2) is 37.1 Å². The highest BCUT2D eigenvalue weighted by Crippen LogP contribution is 2.33. The van der Waals surface area contributed by atoms with E-state index in [1.807, 2.05) is 0 Å². The van der Waals surface area contributed by atoms with E-state index in [0.29, 0.717) is 0 Å². The van der Waals surface area contributed by atoms with Gasteiger partial charge in [0.05, 0.1) is 0 Å². The Hall–Kier alpha value is -0.0800. The Morgan fingerprint density at radius 1 is 1.00 bits per heavy atom. The number of nitrogens with zero attached hydrogens (tertiary/aromatic N) is 1. The Kier molecular flexibility index (Phi) is 7.01. The average Bonchev–Trinajstić information content (AvgIpc) is 2.50. The fourth-order valence-electron chi connectivity index (χ4n) is 4.74. The zero-order chi connectivity index (χ0) is 15.2. The van der Waals surface area contributed by atoms with Crippen LogP contribution in [0.3, 0.4) is 0 Å². The summed E-state index contributed by atoms with van der Waals surface area (Å²) in [5.41, 5.74) is 0. The van der Waals surface area contributed by atoms with Crippen LogP contribution in [0.5, 0.6) is 0 Å². The van der Waals surface area contributed by atoms with Gasteiger partial charge in [-0.25, -0.2) is 0 Å². The van der Waals surface area contributed by atoms with E-state index in [1.54, 1.807) is 0 Å². The molecule has 124 valence electrons. The summed E-state index contributed by atoms with van der Waals surface area (Å²) in [6, 6.07) is 1.62. The van der Waals surface area contributed by atoms with Crippen molar-refractivity contribution >= 4 is 0 Å². The number of hydrogen-bond donors (Lipinski definition) is 1. The predicted molar refractivity (Wildman–Crippen MR) is 92.6 cm³/mol. The van der Waals surface area contributed by atoms with Crippen molar-refractivity contribution in [3.05, 3.63) is 0 Å². The highest BCUT2D eigenvalue weighted by atomic mass is 15.1. The Labute approximate surface area is 133 Å². The molecule has 0 heterocycles. The van der Waals surface area contributed by atoms with Crippen molar-refractivity contribution in [1.82, 2.24) is 10.2 Å². The predicted octanol–water partition coefficient (Wildman–Crippen LogP) is 4.30. The fraction of sp³-hybridized carbons (Fsp3) is 1.00. The summed E-state index contributed by atoms with van der Waals surface area (Å²) in [5.74, 6) is 2.80. The van der Waals surface area contributed by atoms with Gasteiger partial charge in [0.1, 0.15) is 0 Å². The van der Waals surface area contributed by atoms with Crippen LogP contribution >= 0.6 is 0 Å². The highest BCUT2D eigenvalue weighted by molar-refractivity contribution is 4.87. The topological polar surface area (TPSA) is 15.3 Å². The van der Waals surface area contributed by atoms with E-state index < -0.39 is 0 Å². The third-order valence-electron chi connectivity index (χ3n) is 6.25. The first-order valence-electron chi connectivity index (χ1n) is 9.57. The SMILES string of the molecule is CCNC1CCC(C)CC1CN(C)C1CCC(CC)CC1. The molecule has 3 atom stereocenters. The third-order valence-corrected chi connectivity index (χ3v) is 6.25. The Balaban J connectivity index is 1.83. The van der Waals surface area contributed by atoms with E-state index in [2.05, 4.69) is 38.0 Å². The van der Waals surface area contributed by atoms with Gasteiger partial charge in [0, 0.05) is 18.6 Å². The van der Waals surface area contributed by atoms with Crippen LogP contribution < -0.4 is 5.32 Å². The second kappa shape index (κ2) is 8.53. The molecule has 3 unspecified atom stereocenters. The molecule has 21 heavy (non-hydrogen) atoms. The third kappa shape index (κ3) is 4.96. The molecule has 2 fully saturated rings. The molecule has 2 heteroatoms. The quantitative estimate of drug-likeness (QED) is 0.785. The molecule has 0 bridgehead atoms. The first-order chi connectivity index (χ1) is 10.1. The van der Waals surface area contributed by atoms with Crippen molar-refractivity contribution in [1.29, 1.82) is 0 Å². The van der Waals surface area contributed by atoms with Gasteiger partial charge in [-0.3, -0.25) is 0 Å². The van der Waals surface area contributed by atoms with E-state index in [9.17, 15) is 0 Å². The van der Waals surface area contributed by atoms with E-state index in [0.717, 1.165) is 36.4 Å². The summed E-state index contributed by atoms with van der Waals surface area (Å²) in [6.45, 7) is 9.50. The molecule has 2 nitrogen and oxygen atoms in total. The normalized spacial score (nSPS) is 37.9. The summed E-state index contributed by atoms with van der Waals surface area (Å²) < 4.78 is 0. The summed E-state index contributed by atoms with van der Waals surface area (Å²) >= 11 is 0. The Morgan fingerprint density at radius 3 is 2.33 bits per heavy atom. The van der Waals surface area contributed by atoms with Gasteiger partial charge < -0.3 is 10.2 Å². The molecule has 0 aliphatic heterocycles. The average molecular weight is 295 g/mol. The first-order valence-corrected chi connectivity index (χ1v) is 9.57. The molecule has 1 N–H and O–H groups in total. The zero-order valence-corrected chi connectivity index (χ0v) is 14.9. The Morgan fingerprint density at radius 2 is 1.71 bits per heavy atom. The second-order valence-electron chi connectivity index (χ2n) is 7.86. The number of rotatable bonds is 6. The summed E-state index contributed by atoms with van der Waals surface area (Å²) in [4.78, 5) is 2.71. The van der Waals surface area contributed by atoms with E-state index in [1.165, 1.54) is 57.9 Å². The molecule has 0 radical (unpaired) electrons. The van der Waals surface area contributed by atoms with Gasteiger partial charge in [-0.15, -0.1) is 0 Å². The van der Waals surface area contributed by atoms with Gasteiger partial charge in [-0.1, -0.05) is 27.2 Å². The highest BCUT2D eigenvalue weighted by Gasteiger charge is 2.31. The van der Waals surface area contributed by atoms with Crippen molar-refractivity contribution in [2.24, 2.45) is 17.8 Å². The minimum absolute atomic E-state index is 0.764. The van der Waals surface area contributed by atoms with Gasteiger partial charge >= 0.3 is 0 Å². The molecular weight excluding hydrogens is 256 g/mol. The van der Waals surface area contributed by atoms with Gasteiger partial charge in [-0.2, -0.15) is 0 Å². The fourth-order valence-corrected chi connectivity index (χ4v) is 4.74. The van der Waals surface area contributed by atoms with Gasteiger partial charge in [-0.05, 0) is 76.3 Å². The van der Waals surface area contributed by atoms with Gasteiger partial charge in [0.25, 0.3) is 0 Å². The molecule has 0 aromatic heterocycles. The van der Waals surface area contributed by atoms with Crippen molar-refractivity contribution < 1.29 is 0 Å². The number of nitrogens with one attached hydrogen (secondary N) is 1. The minimum Gasteiger partial charge on any atom is -0.314 e. The van der Waals surface area contributed by atoms with Crippen molar-refractivity contribution in [2.45, 2.75) is 84.2 Å². The van der Waals surface area contributed by atoms with Crippen molar-refractivity contribution in [3.8, 4) is 0 Å². The van der Waals surface area contributed by atoms with Crippen LogP contribution in [0.2, 0.25) is 0 Å². The van der Waals surface area contributed by atoms with Gasteiger partial charge in [0.15, 0.2) is 0 Å². The maximum atomic E-state index is 3.75. The summed E-state index contributed by atoms with van der Waals surface area (Å²) in [5, 5.41) is 3.75. The first kappa shape index (κ1) is 17.3. The van der Waals surface area contributed by atoms with Crippen LogP contribution in [0.15, 0.2) is 0 Å². The van der Waals surface area contributed by atoms with Crippen molar-refractivity contribution in [2.75, 3.05) is 20.1 Å². The van der Waals surface area contributed by atoms with Gasteiger partial charge in [0.2, 0.25) is 0 Å². The van der Waals surface area contributed by atoms with Crippen LogP contribution in [0.25, 0.3) is 0 Å². The standard InChI is InChI=1S/C19H38N2/c1-5-16-8-10-18(11-9-16)21(4)14-17-13-15(3)7-12-19(17)20-6-2/h15-20H,5-14H2,1-4H3. The van der Waals surface area contributed by atoms with Crippen molar-refractivity contribution in [3.63, 3.8) is 0 Å². The molecule has 0 aromatic carbocycles. The number of hydrogen-bond acceptors (Lipinski definition) is 2. The van der Waals surface area contributed by atoms with E-state index in [-0.39, 0.29) is 0 Å². The lowest BCUT2D eigenvalue weighted by molar-refractivity contribution is 0.107. The van der Waals surface area contributed by atoms with Crippen LogP contribution in [0, 0.1) is 17.8 Å². The smallest absolute Gasteiger partial charge is 0.0108 e. The van der Waals surface area contributed by atoms with Crippen LogP contribution in [-0.2, 0) is 0 Å². The molecule has 2 saturated carbocycles. The second-order valence-corrected chi connectivity index (χ2v) is 7.86.